The highest BCUT2D eigenvalue weighted by molar-refractivity contribution is 6.31. The van der Waals surface area contributed by atoms with E-state index < -0.39 is 22.7 Å². The zero-order valence-electron chi connectivity index (χ0n) is 12.2. The molecule has 1 aliphatic heterocycles. The van der Waals surface area contributed by atoms with Crippen LogP contribution in [-0.2, 0) is 15.8 Å². The fraction of sp³-hybridized carbons (Fsp3) is 0.429. The van der Waals surface area contributed by atoms with Crippen molar-refractivity contribution in [1.82, 2.24) is 10.2 Å². The molecule has 0 aromatic heterocycles. The molecule has 1 heterocycles. The summed E-state index contributed by atoms with van der Waals surface area (Å²) in [4.78, 5) is 25.0. The molecule has 2 amide bonds. The van der Waals surface area contributed by atoms with Crippen molar-refractivity contribution in [3.05, 3.63) is 28.8 Å². The fourth-order valence-electron chi connectivity index (χ4n) is 2.09. The molecule has 9 heteroatoms. The van der Waals surface area contributed by atoms with Crippen LogP contribution in [0.25, 0.3) is 0 Å². The van der Waals surface area contributed by atoms with Gasteiger partial charge in [-0.25, -0.2) is 0 Å². The molecule has 0 aliphatic carbocycles. The van der Waals surface area contributed by atoms with Crippen LogP contribution in [0.1, 0.15) is 5.56 Å². The van der Waals surface area contributed by atoms with Crippen molar-refractivity contribution in [2.24, 2.45) is 5.92 Å². The third-order valence-corrected chi connectivity index (χ3v) is 3.77. The SMILES string of the molecule is CN(CC(=O)Nc1ccc(Cl)c(C(F)(F)F)c1)C(=O)C1CNC1. The summed E-state index contributed by atoms with van der Waals surface area (Å²) in [5, 5.41) is 4.84. The molecule has 23 heavy (non-hydrogen) atoms. The largest absolute Gasteiger partial charge is 0.417 e. The van der Waals surface area contributed by atoms with Gasteiger partial charge in [0.2, 0.25) is 11.8 Å². The minimum absolute atomic E-state index is 0.0297. The molecule has 0 saturated carbocycles. The smallest absolute Gasteiger partial charge is 0.336 e. The molecule has 1 fully saturated rings. The van der Waals surface area contributed by atoms with Gasteiger partial charge in [0.25, 0.3) is 0 Å². The van der Waals surface area contributed by atoms with Crippen LogP contribution in [0.4, 0.5) is 18.9 Å². The van der Waals surface area contributed by atoms with Gasteiger partial charge in [0.1, 0.15) is 0 Å². The van der Waals surface area contributed by atoms with Gasteiger partial charge in [0.05, 0.1) is 23.0 Å². The highest BCUT2D eigenvalue weighted by Gasteiger charge is 2.33. The summed E-state index contributed by atoms with van der Waals surface area (Å²) < 4.78 is 38.3. The van der Waals surface area contributed by atoms with E-state index in [1.165, 1.54) is 18.0 Å². The Kier molecular flexibility index (Phi) is 5.16. The van der Waals surface area contributed by atoms with E-state index in [1.54, 1.807) is 0 Å². The summed E-state index contributed by atoms with van der Waals surface area (Å²) in [5.41, 5.74) is -1.06. The summed E-state index contributed by atoms with van der Waals surface area (Å²) >= 11 is 5.51. The van der Waals surface area contributed by atoms with Crippen LogP contribution in [0.5, 0.6) is 0 Å². The predicted octanol–water partition coefficient (Wildman–Crippen LogP) is 1.98. The second kappa shape index (κ2) is 6.76. The zero-order chi connectivity index (χ0) is 17.2. The quantitative estimate of drug-likeness (QED) is 0.873. The lowest BCUT2D eigenvalue weighted by atomic mass is 10.0. The van der Waals surface area contributed by atoms with Gasteiger partial charge in [-0.05, 0) is 18.2 Å². The number of amides is 2. The van der Waals surface area contributed by atoms with E-state index in [9.17, 15) is 22.8 Å². The Morgan fingerprint density at radius 3 is 2.57 bits per heavy atom. The van der Waals surface area contributed by atoms with Crippen molar-refractivity contribution in [2.45, 2.75) is 6.18 Å². The van der Waals surface area contributed by atoms with E-state index in [4.69, 9.17) is 11.6 Å². The monoisotopic (exact) mass is 349 g/mol. The van der Waals surface area contributed by atoms with E-state index in [-0.39, 0.29) is 24.1 Å². The lowest BCUT2D eigenvalue weighted by Gasteiger charge is -2.29. The first-order valence-electron chi connectivity index (χ1n) is 6.81. The summed E-state index contributed by atoms with van der Waals surface area (Å²) in [6, 6.07) is 3.10. The fourth-order valence-corrected chi connectivity index (χ4v) is 2.31. The van der Waals surface area contributed by atoms with E-state index in [2.05, 4.69) is 10.6 Å². The normalized spacial score (nSPS) is 15.0. The number of hydrogen-bond acceptors (Lipinski definition) is 3. The van der Waals surface area contributed by atoms with Gasteiger partial charge in [0, 0.05) is 25.8 Å². The number of hydrogen-bond donors (Lipinski definition) is 2. The van der Waals surface area contributed by atoms with Gasteiger partial charge in [-0.2, -0.15) is 13.2 Å². The van der Waals surface area contributed by atoms with Crippen molar-refractivity contribution >= 4 is 29.1 Å². The van der Waals surface area contributed by atoms with Crippen LogP contribution in [-0.4, -0.2) is 43.4 Å². The second-order valence-corrected chi connectivity index (χ2v) is 5.70. The Hall–Kier alpha value is -1.80. The molecule has 2 N–H and O–H groups in total. The average molecular weight is 350 g/mol. The molecule has 1 saturated heterocycles. The molecule has 0 atom stereocenters. The topological polar surface area (TPSA) is 61.4 Å². The van der Waals surface area contributed by atoms with Crippen molar-refractivity contribution in [1.29, 1.82) is 0 Å². The lowest BCUT2D eigenvalue weighted by molar-refractivity contribution is -0.138. The first-order chi connectivity index (χ1) is 10.7. The van der Waals surface area contributed by atoms with Crippen LogP contribution in [0.2, 0.25) is 5.02 Å². The van der Waals surface area contributed by atoms with Crippen LogP contribution in [0.15, 0.2) is 18.2 Å². The molecular formula is C14H15ClF3N3O2. The van der Waals surface area contributed by atoms with E-state index >= 15 is 0 Å². The van der Waals surface area contributed by atoms with E-state index in [1.807, 2.05) is 0 Å². The maximum absolute atomic E-state index is 12.8. The molecule has 1 aromatic rings. The molecule has 0 bridgehead atoms. The molecule has 0 radical (unpaired) electrons. The molecule has 1 aromatic carbocycles. The number of likely N-dealkylation sites (N-methyl/N-ethyl adjacent to an activating group) is 1. The number of rotatable bonds is 4. The Bertz CT molecular complexity index is 618. The number of carbonyl (C=O) groups excluding carboxylic acids is 2. The maximum Gasteiger partial charge on any atom is 0.417 e. The number of anilines is 1. The number of nitrogens with zero attached hydrogens (tertiary/aromatic N) is 1. The van der Waals surface area contributed by atoms with Gasteiger partial charge in [-0.1, -0.05) is 11.6 Å². The summed E-state index contributed by atoms with van der Waals surface area (Å²) in [5.74, 6) is -0.908. The third kappa shape index (κ3) is 4.35. The van der Waals surface area contributed by atoms with E-state index in [0.29, 0.717) is 13.1 Å². The number of carbonyl (C=O) groups is 2. The van der Waals surface area contributed by atoms with Crippen LogP contribution >= 0.6 is 11.6 Å². The molecular weight excluding hydrogens is 335 g/mol. The van der Waals surface area contributed by atoms with Crippen LogP contribution in [0.3, 0.4) is 0 Å². The molecule has 126 valence electrons. The van der Waals surface area contributed by atoms with Gasteiger partial charge in [-0.15, -0.1) is 0 Å². The average Bonchev–Trinajstić information content (AvgIpc) is 2.37. The van der Waals surface area contributed by atoms with Gasteiger partial charge in [0.15, 0.2) is 0 Å². The molecule has 1 aliphatic rings. The van der Waals surface area contributed by atoms with Crippen LogP contribution in [0, 0.1) is 5.92 Å². The summed E-state index contributed by atoms with van der Waals surface area (Å²) in [6.45, 7) is 0.896. The first kappa shape index (κ1) is 17.6. The highest BCUT2D eigenvalue weighted by atomic mass is 35.5. The minimum Gasteiger partial charge on any atom is -0.336 e. The van der Waals surface area contributed by atoms with Gasteiger partial charge >= 0.3 is 6.18 Å². The van der Waals surface area contributed by atoms with Crippen LogP contribution < -0.4 is 10.6 Å². The van der Waals surface area contributed by atoms with Gasteiger partial charge in [-0.3, -0.25) is 9.59 Å². The Morgan fingerprint density at radius 1 is 1.39 bits per heavy atom. The predicted molar refractivity (Wildman–Crippen MR) is 79.1 cm³/mol. The number of halogens is 4. The number of alkyl halides is 3. The Labute approximate surface area is 135 Å². The number of benzene rings is 1. The minimum atomic E-state index is -4.61. The van der Waals surface area contributed by atoms with Gasteiger partial charge < -0.3 is 15.5 Å². The first-order valence-corrected chi connectivity index (χ1v) is 7.18. The van der Waals surface area contributed by atoms with E-state index in [0.717, 1.165) is 12.1 Å². The molecule has 0 unspecified atom stereocenters. The van der Waals surface area contributed by atoms with Crippen molar-refractivity contribution in [2.75, 3.05) is 32.0 Å². The molecule has 0 spiro atoms. The summed E-state index contributed by atoms with van der Waals surface area (Å²) in [6.07, 6.45) is -4.61. The van der Waals surface area contributed by atoms with Crippen molar-refractivity contribution in [3.8, 4) is 0 Å². The summed E-state index contributed by atoms with van der Waals surface area (Å²) in [7, 11) is 1.48. The standard InChI is InChI=1S/C14H15ClF3N3O2/c1-21(13(23)8-5-19-6-8)7-12(22)20-9-2-3-11(15)10(4-9)14(16,17)18/h2-4,8,19H,5-7H2,1H3,(H,20,22). The highest BCUT2D eigenvalue weighted by Crippen LogP contribution is 2.36. The maximum atomic E-state index is 12.8. The van der Waals surface area contributed by atoms with Crippen molar-refractivity contribution in [3.63, 3.8) is 0 Å². The van der Waals surface area contributed by atoms with Crippen molar-refractivity contribution < 1.29 is 22.8 Å². The Morgan fingerprint density at radius 2 is 2.04 bits per heavy atom. The Balaban J connectivity index is 1.98. The number of nitrogens with one attached hydrogen (secondary N) is 2. The zero-order valence-corrected chi connectivity index (χ0v) is 13.0. The molecule has 2 rings (SSSR count). The molecule has 5 nitrogen and oxygen atoms in total. The lowest BCUT2D eigenvalue weighted by Crippen LogP contribution is -2.52. The second-order valence-electron chi connectivity index (χ2n) is 5.29. The third-order valence-electron chi connectivity index (χ3n) is 3.44.